The van der Waals surface area contributed by atoms with Crippen LogP contribution >= 0.6 is 0 Å². The smallest absolute Gasteiger partial charge is 0.372 e. The molecule has 102 valence electrons. The first-order valence-electron chi connectivity index (χ1n) is 5.93. The third-order valence-corrected chi connectivity index (χ3v) is 2.70. The molecule has 6 heteroatoms. The number of aromatic nitrogens is 2. The van der Waals surface area contributed by atoms with E-state index >= 15 is 0 Å². The van der Waals surface area contributed by atoms with Crippen LogP contribution in [0, 0.1) is 0 Å². The molecule has 2 heterocycles. The summed E-state index contributed by atoms with van der Waals surface area (Å²) < 4.78 is 0. The van der Waals surface area contributed by atoms with E-state index in [4.69, 9.17) is 5.11 Å². The van der Waals surface area contributed by atoms with Crippen LogP contribution < -0.4 is 0 Å². The van der Waals surface area contributed by atoms with Crippen LogP contribution in [0.1, 0.15) is 28.3 Å². The van der Waals surface area contributed by atoms with Gasteiger partial charge in [-0.3, -0.25) is 14.6 Å². The summed E-state index contributed by atoms with van der Waals surface area (Å²) in [5, 5.41) is 8.46. The summed E-state index contributed by atoms with van der Waals surface area (Å²) in [6.45, 7) is 0. The van der Waals surface area contributed by atoms with Crippen LogP contribution in [0.2, 0.25) is 0 Å². The van der Waals surface area contributed by atoms with Crippen LogP contribution in [0.5, 0.6) is 0 Å². The van der Waals surface area contributed by atoms with Crippen molar-refractivity contribution < 1.29 is 19.5 Å². The van der Waals surface area contributed by atoms with Crippen molar-refractivity contribution in [1.82, 2.24) is 9.97 Å². The number of carboxylic acid groups (broad SMARTS) is 1. The van der Waals surface area contributed by atoms with Crippen molar-refractivity contribution in [3.05, 3.63) is 53.6 Å². The topological polar surface area (TPSA) is 100 Å². The van der Waals surface area contributed by atoms with Crippen LogP contribution in [0.4, 0.5) is 0 Å². The van der Waals surface area contributed by atoms with E-state index in [9.17, 15) is 14.4 Å². The van der Waals surface area contributed by atoms with Crippen LogP contribution in [-0.4, -0.2) is 32.6 Å². The quantitative estimate of drug-likeness (QED) is 0.468. The minimum Gasteiger partial charge on any atom is -0.475 e. The zero-order chi connectivity index (χ0) is 14.5. The average molecular weight is 272 g/mol. The Labute approximate surface area is 114 Å². The van der Waals surface area contributed by atoms with Gasteiger partial charge in [-0.05, 0) is 24.3 Å². The Morgan fingerprint density at radius 3 is 2.60 bits per heavy atom. The zero-order valence-corrected chi connectivity index (χ0v) is 10.5. The second kappa shape index (κ2) is 5.92. The maximum absolute atomic E-state index is 11.7. The SMILES string of the molecule is O=C(O)C(=O)CC(=O)c1ccc(Cc2ccccn2)[nH]1. The van der Waals surface area contributed by atoms with Gasteiger partial charge in [0.05, 0.1) is 12.1 Å². The van der Waals surface area contributed by atoms with Crippen molar-refractivity contribution >= 4 is 17.5 Å². The van der Waals surface area contributed by atoms with Gasteiger partial charge >= 0.3 is 5.97 Å². The Morgan fingerprint density at radius 1 is 1.15 bits per heavy atom. The number of Topliss-reactive ketones (excluding diaryl/α,β-unsaturated/α-hetero) is 2. The lowest BCUT2D eigenvalue weighted by molar-refractivity contribution is -0.148. The Kier molecular flexibility index (Phi) is 4.05. The van der Waals surface area contributed by atoms with E-state index < -0.39 is 24.0 Å². The normalized spacial score (nSPS) is 10.2. The number of pyridine rings is 1. The van der Waals surface area contributed by atoms with Gasteiger partial charge in [0.1, 0.15) is 0 Å². The van der Waals surface area contributed by atoms with Crippen molar-refractivity contribution in [3.63, 3.8) is 0 Å². The van der Waals surface area contributed by atoms with Gasteiger partial charge in [0.2, 0.25) is 5.78 Å². The van der Waals surface area contributed by atoms with Gasteiger partial charge in [0, 0.05) is 24.0 Å². The molecular weight excluding hydrogens is 260 g/mol. The number of carbonyl (C=O) groups excluding carboxylic acids is 2. The summed E-state index contributed by atoms with van der Waals surface area (Å²) in [6, 6.07) is 8.78. The number of aliphatic carboxylic acids is 1. The molecule has 6 nitrogen and oxygen atoms in total. The van der Waals surface area contributed by atoms with E-state index in [1.54, 1.807) is 12.3 Å². The molecule has 2 N–H and O–H groups in total. The highest BCUT2D eigenvalue weighted by Gasteiger charge is 2.18. The molecule has 0 amide bonds. The second-order valence-corrected chi connectivity index (χ2v) is 4.22. The van der Waals surface area contributed by atoms with Gasteiger partial charge < -0.3 is 10.1 Å². The standard InChI is InChI=1S/C14H12N2O4/c17-12(8-13(18)14(19)20)11-5-4-10(16-11)7-9-3-1-2-6-15-9/h1-6,16H,7-8H2,(H,19,20). The second-order valence-electron chi connectivity index (χ2n) is 4.22. The molecule has 0 aliphatic carbocycles. The molecule has 0 unspecified atom stereocenters. The average Bonchev–Trinajstić information content (AvgIpc) is 2.88. The molecule has 0 atom stereocenters. The first-order valence-corrected chi connectivity index (χ1v) is 5.93. The van der Waals surface area contributed by atoms with Gasteiger partial charge in [-0.15, -0.1) is 0 Å². The van der Waals surface area contributed by atoms with Gasteiger partial charge in [-0.1, -0.05) is 6.07 Å². The van der Waals surface area contributed by atoms with Gasteiger partial charge in [0.15, 0.2) is 5.78 Å². The number of hydrogen-bond donors (Lipinski definition) is 2. The summed E-state index contributed by atoms with van der Waals surface area (Å²) in [5.41, 5.74) is 1.84. The molecule has 0 aliphatic heterocycles. The lowest BCUT2D eigenvalue weighted by Gasteiger charge is -1.98. The first kappa shape index (κ1) is 13.7. The molecule has 20 heavy (non-hydrogen) atoms. The number of aromatic amines is 1. The largest absolute Gasteiger partial charge is 0.475 e. The highest BCUT2D eigenvalue weighted by Crippen LogP contribution is 2.09. The number of H-pyrrole nitrogens is 1. The maximum Gasteiger partial charge on any atom is 0.372 e. The summed E-state index contributed by atoms with van der Waals surface area (Å²) in [6.07, 6.45) is 1.57. The summed E-state index contributed by atoms with van der Waals surface area (Å²) in [5.74, 6) is -3.25. The minimum atomic E-state index is -1.60. The van der Waals surface area contributed by atoms with Crippen LogP contribution in [0.3, 0.4) is 0 Å². The summed E-state index contributed by atoms with van der Waals surface area (Å²) in [7, 11) is 0. The van der Waals surface area contributed by atoms with Crippen molar-refractivity contribution in [3.8, 4) is 0 Å². The van der Waals surface area contributed by atoms with E-state index in [0.29, 0.717) is 6.42 Å². The van der Waals surface area contributed by atoms with E-state index in [1.807, 2.05) is 18.2 Å². The number of nitrogens with zero attached hydrogens (tertiary/aromatic N) is 1. The molecule has 0 aromatic carbocycles. The molecule has 2 rings (SSSR count). The highest BCUT2D eigenvalue weighted by molar-refractivity contribution is 6.37. The molecule has 0 aliphatic rings. The van der Waals surface area contributed by atoms with E-state index in [2.05, 4.69) is 9.97 Å². The number of carboxylic acids is 1. The molecule has 2 aromatic rings. The van der Waals surface area contributed by atoms with Gasteiger partial charge in [-0.25, -0.2) is 4.79 Å². The molecule has 0 fully saturated rings. The number of ketones is 2. The Morgan fingerprint density at radius 2 is 1.95 bits per heavy atom. The van der Waals surface area contributed by atoms with Crippen molar-refractivity contribution in [2.45, 2.75) is 12.8 Å². The molecule has 0 saturated heterocycles. The Hall–Kier alpha value is -2.76. The third-order valence-electron chi connectivity index (χ3n) is 2.70. The third kappa shape index (κ3) is 3.38. The number of hydrogen-bond acceptors (Lipinski definition) is 4. The fourth-order valence-electron chi connectivity index (χ4n) is 1.72. The minimum absolute atomic E-state index is 0.227. The highest BCUT2D eigenvalue weighted by atomic mass is 16.4. The van der Waals surface area contributed by atoms with Gasteiger partial charge in [-0.2, -0.15) is 0 Å². The lowest BCUT2D eigenvalue weighted by Crippen LogP contribution is -2.17. The molecular formula is C14H12N2O4. The first-order chi connectivity index (χ1) is 9.56. The fourth-order valence-corrected chi connectivity index (χ4v) is 1.72. The van der Waals surface area contributed by atoms with Gasteiger partial charge in [0.25, 0.3) is 0 Å². The summed E-state index contributed by atoms with van der Waals surface area (Å²) in [4.78, 5) is 40.1. The molecule has 0 radical (unpaired) electrons. The monoisotopic (exact) mass is 272 g/mol. The number of nitrogens with one attached hydrogen (secondary N) is 1. The Balaban J connectivity index is 2.04. The molecule has 0 spiro atoms. The van der Waals surface area contributed by atoms with E-state index in [0.717, 1.165) is 11.4 Å². The van der Waals surface area contributed by atoms with E-state index in [-0.39, 0.29) is 5.69 Å². The van der Waals surface area contributed by atoms with Crippen molar-refractivity contribution in [1.29, 1.82) is 0 Å². The predicted octanol–water partition coefficient (Wildman–Crippen LogP) is 1.23. The Bertz CT molecular complexity index is 646. The van der Waals surface area contributed by atoms with Crippen molar-refractivity contribution in [2.75, 3.05) is 0 Å². The maximum atomic E-state index is 11.7. The predicted molar refractivity (Wildman–Crippen MR) is 69.4 cm³/mol. The zero-order valence-electron chi connectivity index (χ0n) is 10.5. The lowest BCUT2D eigenvalue weighted by atomic mass is 10.1. The fraction of sp³-hybridized carbons (Fsp3) is 0.143. The van der Waals surface area contributed by atoms with Crippen LogP contribution in [-0.2, 0) is 16.0 Å². The molecule has 2 aromatic heterocycles. The number of carbonyl (C=O) groups is 3. The van der Waals surface area contributed by atoms with Crippen molar-refractivity contribution in [2.24, 2.45) is 0 Å². The number of rotatable bonds is 6. The molecule has 0 saturated carbocycles. The van der Waals surface area contributed by atoms with E-state index in [1.165, 1.54) is 6.07 Å². The molecule has 0 bridgehead atoms. The van der Waals surface area contributed by atoms with Crippen LogP contribution in [0.15, 0.2) is 36.5 Å². The van der Waals surface area contributed by atoms with Crippen LogP contribution in [0.25, 0.3) is 0 Å². The summed E-state index contributed by atoms with van der Waals surface area (Å²) >= 11 is 0.